The molecule has 0 aliphatic heterocycles. The highest BCUT2D eigenvalue weighted by Gasteiger charge is 2.19. The number of likely N-dealkylation sites (N-methyl/N-ethyl adjacent to an activating group) is 1. The lowest BCUT2D eigenvalue weighted by molar-refractivity contribution is -0.123. The van der Waals surface area contributed by atoms with Crippen LogP contribution in [0.2, 0.25) is 0 Å². The predicted octanol–water partition coefficient (Wildman–Crippen LogP) is 3.86. The maximum Gasteiger partial charge on any atom is 0.407 e. The highest BCUT2D eigenvalue weighted by atomic mass is 16.6. The summed E-state index contributed by atoms with van der Waals surface area (Å²) in [6.45, 7) is 10.1. The molecule has 2 aromatic rings. The van der Waals surface area contributed by atoms with Crippen molar-refractivity contribution in [1.82, 2.24) is 15.5 Å². The minimum absolute atomic E-state index is 0.0128. The first-order valence-corrected chi connectivity index (χ1v) is 10.0. The second kappa shape index (κ2) is 9.74. The van der Waals surface area contributed by atoms with Gasteiger partial charge in [-0.1, -0.05) is 42.5 Å². The van der Waals surface area contributed by atoms with Crippen LogP contribution in [0.5, 0.6) is 0 Å². The van der Waals surface area contributed by atoms with Gasteiger partial charge in [-0.05, 0) is 58.0 Å². The number of ether oxygens (including phenoxy) is 1. The van der Waals surface area contributed by atoms with Crippen molar-refractivity contribution in [2.24, 2.45) is 0 Å². The number of benzene rings is 2. The zero-order chi connectivity index (χ0) is 21.6. The first-order valence-electron chi connectivity index (χ1n) is 10.0. The number of amides is 2. The minimum Gasteiger partial charge on any atom is -0.444 e. The molecular weight excluding hydrogens is 366 g/mol. The van der Waals surface area contributed by atoms with Crippen LogP contribution in [0.15, 0.2) is 42.5 Å². The Kier molecular flexibility index (Phi) is 7.62. The molecule has 0 radical (unpaired) electrons. The van der Waals surface area contributed by atoms with Crippen LogP contribution in [0.1, 0.15) is 46.2 Å². The number of carbonyl (C=O) groups excluding carboxylic acids is 2. The molecular formula is C23H33N3O3. The van der Waals surface area contributed by atoms with Crippen molar-refractivity contribution in [1.29, 1.82) is 0 Å². The molecule has 2 unspecified atom stereocenters. The van der Waals surface area contributed by atoms with Gasteiger partial charge in [-0.3, -0.25) is 9.69 Å². The lowest BCUT2D eigenvalue weighted by atomic mass is 10.00. The number of rotatable bonds is 7. The van der Waals surface area contributed by atoms with Gasteiger partial charge >= 0.3 is 6.09 Å². The second-order valence-electron chi connectivity index (χ2n) is 8.50. The van der Waals surface area contributed by atoms with E-state index in [4.69, 9.17) is 4.74 Å². The van der Waals surface area contributed by atoms with E-state index in [9.17, 15) is 9.59 Å². The number of hydrogen-bond acceptors (Lipinski definition) is 4. The van der Waals surface area contributed by atoms with Crippen molar-refractivity contribution in [3.63, 3.8) is 0 Å². The molecule has 0 saturated heterocycles. The summed E-state index contributed by atoms with van der Waals surface area (Å²) in [6, 6.07) is 14.2. The number of nitrogens with one attached hydrogen (secondary N) is 2. The van der Waals surface area contributed by atoms with E-state index in [-0.39, 0.29) is 24.5 Å². The first-order chi connectivity index (χ1) is 13.6. The zero-order valence-electron chi connectivity index (χ0n) is 18.3. The predicted molar refractivity (Wildman–Crippen MR) is 117 cm³/mol. The van der Waals surface area contributed by atoms with Crippen molar-refractivity contribution in [3.8, 4) is 0 Å². The lowest BCUT2D eigenvalue weighted by Crippen LogP contribution is -2.45. The van der Waals surface area contributed by atoms with Crippen LogP contribution in [-0.4, -0.2) is 48.7 Å². The number of nitrogens with zero attached hydrogens (tertiary/aromatic N) is 1. The molecule has 2 amide bonds. The number of alkyl carbamates (subject to hydrolysis) is 1. The van der Waals surface area contributed by atoms with Crippen LogP contribution in [0.3, 0.4) is 0 Å². The molecule has 0 saturated carbocycles. The molecule has 6 nitrogen and oxygen atoms in total. The van der Waals surface area contributed by atoms with E-state index >= 15 is 0 Å². The molecule has 0 fully saturated rings. The van der Waals surface area contributed by atoms with E-state index in [0.717, 1.165) is 16.3 Å². The smallest absolute Gasteiger partial charge is 0.407 e. The largest absolute Gasteiger partial charge is 0.444 e. The molecule has 2 N–H and O–H groups in total. The van der Waals surface area contributed by atoms with E-state index in [1.165, 1.54) is 0 Å². The standard InChI is InChI=1S/C23H33N3O3/c1-16(14-24-22(28)29-23(3,4)5)26(6)15-21(27)25-17(2)19-13-9-11-18-10-7-8-12-20(18)19/h7-13,16-17H,14-15H2,1-6H3,(H,24,28)(H,25,27). The van der Waals surface area contributed by atoms with Crippen LogP contribution in [-0.2, 0) is 9.53 Å². The summed E-state index contributed by atoms with van der Waals surface area (Å²) in [5.41, 5.74) is 0.565. The Bertz CT molecular complexity index is 839. The zero-order valence-corrected chi connectivity index (χ0v) is 18.3. The third kappa shape index (κ3) is 7.06. The SMILES string of the molecule is CC(NC(=O)CN(C)C(C)CNC(=O)OC(C)(C)C)c1cccc2ccccc12. The van der Waals surface area contributed by atoms with Crippen molar-refractivity contribution in [3.05, 3.63) is 48.0 Å². The summed E-state index contributed by atoms with van der Waals surface area (Å²) in [5, 5.41) is 8.12. The summed E-state index contributed by atoms with van der Waals surface area (Å²) in [5.74, 6) is -0.0583. The second-order valence-corrected chi connectivity index (χ2v) is 8.50. The van der Waals surface area contributed by atoms with Gasteiger partial charge in [0.05, 0.1) is 12.6 Å². The van der Waals surface area contributed by atoms with Gasteiger partial charge in [0, 0.05) is 12.6 Å². The van der Waals surface area contributed by atoms with Crippen LogP contribution in [0.4, 0.5) is 4.79 Å². The number of hydrogen-bond donors (Lipinski definition) is 2. The van der Waals surface area contributed by atoms with Gasteiger partial charge in [0.15, 0.2) is 0 Å². The van der Waals surface area contributed by atoms with Crippen molar-refractivity contribution in [2.75, 3.05) is 20.1 Å². The van der Waals surface area contributed by atoms with Crippen LogP contribution < -0.4 is 10.6 Å². The molecule has 2 aromatic carbocycles. The number of fused-ring (bicyclic) bond motifs is 1. The molecule has 0 spiro atoms. The molecule has 0 bridgehead atoms. The molecule has 0 aromatic heterocycles. The van der Waals surface area contributed by atoms with Crippen molar-refractivity contribution in [2.45, 2.75) is 52.3 Å². The molecule has 0 heterocycles. The van der Waals surface area contributed by atoms with Gasteiger partial charge in [-0.25, -0.2) is 4.79 Å². The molecule has 0 aliphatic rings. The average molecular weight is 400 g/mol. The Morgan fingerprint density at radius 3 is 2.41 bits per heavy atom. The van der Waals surface area contributed by atoms with Gasteiger partial charge in [0.2, 0.25) is 5.91 Å². The molecule has 29 heavy (non-hydrogen) atoms. The van der Waals surface area contributed by atoms with Crippen molar-refractivity contribution >= 4 is 22.8 Å². The normalized spacial score (nSPS) is 13.8. The van der Waals surface area contributed by atoms with Gasteiger partial charge in [-0.2, -0.15) is 0 Å². The quantitative estimate of drug-likeness (QED) is 0.742. The summed E-state index contributed by atoms with van der Waals surface area (Å²) in [6.07, 6.45) is -0.452. The lowest BCUT2D eigenvalue weighted by Gasteiger charge is -2.26. The molecule has 158 valence electrons. The van der Waals surface area contributed by atoms with E-state index in [0.29, 0.717) is 6.54 Å². The molecule has 0 aliphatic carbocycles. The van der Waals surface area contributed by atoms with E-state index < -0.39 is 11.7 Å². The third-order valence-electron chi connectivity index (χ3n) is 4.75. The molecule has 2 atom stereocenters. The van der Waals surface area contributed by atoms with Crippen LogP contribution >= 0.6 is 0 Å². The van der Waals surface area contributed by atoms with Crippen LogP contribution in [0.25, 0.3) is 10.8 Å². The fourth-order valence-electron chi connectivity index (χ4n) is 3.08. The summed E-state index contributed by atoms with van der Waals surface area (Å²) < 4.78 is 5.24. The van der Waals surface area contributed by atoms with Crippen molar-refractivity contribution < 1.29 is 14.3 Å². The average Bonchev–Trinajstić information content (AvgIpc) is 2.64. The molecule has 6 heteroatoms. The Hall–Kier alpha value is -2.60. The Morgan fingerprint density at radius 2 is 1.72 bits per heavy atom. The fourth-order valence-corrected chi connectivity index (χ4v) is 3.08. The minimum atomic E-state index is -0.531. The Morgan fingerprint density at radius 1 is 1.07 bits per heavy atom. The third-order valence-corrected chi connectivity index (χ3v) is 4.75. The monoisotopic (exact) mass is 399 g/mol. The Labute approximate surface area is 173 Å². The molecule has 2 rings (SSSR count). The van der Waals surface area contributed by atoms with E-state index in [1.807, 2.05) is 70.8 Å². The van der Waals surface area contributed by atoms with Gasteiger partial charge < -0.3 is 15.4 Å². The topological polar surface area (TPSA) is 70.7 Å². The van der Waals surface area contributed by atoms with Crippen LogP contribution in [0, 0.1) is 0 Å². The highest BCUT2D eigenvalue weighted by molar-refractivity contribution is 5.87. The maximum atomic E-state index is 12.5. The Balaban J connectivity index is 1.86. The summed E-state index contributed by atoms with van der Waals surface area (Å²) in [7, 11) is 1.86. The number of carbonyl (C=O) groups is 2. The van der Waals surface area contributed by atoms with Gasteiger partial charge in [-0.15, -0.1) is 0 Å². The van der Waals surface area contributed by atoms with E-state index in [2.05, 4.69) is 28.8 Å². The van der Waals surface area contributed by atoms with Gasteiger partial charge in [0.25, 0.3) is 0 Å². The fraction of sp³-hybridized carbons (Fsp3) is 0.478. The summed E-state index contributed by atoms with van der Waals surface area (Å²) >= 11 is 0. The summed E-state index contributed by atoms with van der Waals surface area (Å²) in [4.78, 5) is 26.2. The maximum absolute atomic E-state index is 12.5. The highest BCUT2D eigenvalue weighted by Crippen LogP contribution is 2.23. The van der Waals surface area contributed by atoms with E-state index in [1.54, 1.807) is 0 Å². The van der Waals surface area contributed by atoms with Gasteiger partial charge in [0.1, 0.15) is 5.60 Å². The first kappa shape index (κ1) is 22.7.